The Morgan fingerprint density at radius 3 is 1.10 bits per heavy atom. The van der Waals surface area contributed by atoms with Gasteiger partial charge in [0.25, 0.3) is 20.2 Å². The molecule has 0 radical (unpaired) electrons. The van der Waals surface area contributed by atoms with Crippen LogP contribution in [-0.2, 0) is 45.7 Å². The Kier molecular flexibility index (Phi) is 9.93. The highest BCUT2D eigenvalue weighted by Gasteiger charge is 2.33. The third-order valence-electron chi connectivity index (χ3n) is 5.38. The van der Waals surface area contributed by atoms with Crippen molar-refractivity contribution in [3.8, 4) is 0 Å². The molecule has 0 aliphatic carbocycles. The molecule has 0 amide bonds. The van der Waals surface area contributed by atoms with Crippen LogP contribution in [0.1, 0.15) is 51.7 Å². The zero-order valence-corrected chi connectivity index (χ0v) is 23.0. The molecule has 7 nitrogen and oxygen atoms in total. The first-order chi connectivity index (χ1) is 17.5. The van der Waals surface area contributed by atoms with Crippen LogP contribution in [0.5, 0.6) is 0 Å². The predicted molar refractivity (Wildman–Crippen MR) is 128 cm³/mol. The number of benzene rings is 2. The van der Waals surface area contributed by atoms with Crippen LogP contribution in [-0.4, -0.2) is 41.3 Å². The Hall–Kier alpha value is -2.20. The van der Waals surface area contributed by atoms with Crippen molar-refractivity contribution in [2.45, 2.75) is 73.9 Å². The van der Waals surface area contributed by atoms with Crippen LogP contribution in [0.15, 0.2) is 58.3 Å². The van der Waals surface area contributed by atoms with Gasteiger partial charge in [0.2, 0.25) is 0 Å². The lowest BCUT2D eigenvalue weighted by molar-refractivity contribution is -0.138. The monoisotopic (exact) mass is 606 g/mol. The van der Waals surface area contributed by atoms with E-state index in [2.05, 4.69) is 0 Å². The van der Waals surface area contributed by atoms with E-state index in [-0.39, 0.29) is 26.1 Å². The van der Waals surface area contributed by atoms with Gasteiger partial charge >= 0.3 is 12.4 Å². The molecule has 39 heavy (non-hydrogen) atoms. The van der Waals surface area contributed by atoms with Crippen LogP contribution >= 0.6 is 0 Å². The second-order valence-electron chi connectivity index (χ2n) is 9.72. The van der Waals surface area contributed by atoms with E-state index in [1.807, 2.05) is 0 Å². The maximum atomic E-state index is 12.7. The van der Waals surface area contributed by atoms with Gasteiger partial charge in [0.1, 0.15) is 0 Å². The average Bonchev–Trinajstić information content (AvgIpc) is 2.76. The lowest BCUT2D eigenvalue weighted by Crippen LogP contribution is -2.39. The van der Waals surface area contributed by atoms with Gasteiger partial charge in [0.15, 0.2) is 0 Å². The van der Waals surface area contributed by atoms with Crippen molar-refractivity contribution in [2.75, 3.05) is 13.2 Å². The van der Waals surface area contributed by atoms with Gasteiger partial charge in [-0.3, -0.25) is 8.37 Å². The number of hydrogen-bond donors (Lipinski definition) is 0. The van der Waals surface area contributed by atoms with Gasteiger partial charge in [-0.2, -0.15) is 43.2 Å². The standard InChI is InChI=1S/C24H28F6O7S2/c1-21(2,13-15-35-38(31,32)19-9-5-17(6-10-19)23(25,26)27)37-22(3,4)14-16-36-39(33,34)20-11-7-18(8-12-20)24(28,29)30/h5-12H,13-16H2,1-4H3. The molecule has 0 atom stereocenters. The van der Waals surface area contributed by atoms with E-state index in [0.29, 0.717) is 24.3 Å². The van der Waals surface area contributed by atoms with Gasteiger partial charge in [0.05, 0.1) is 45.3 Å². The van der Waals surface area contributed by atoms with Gasteiger partial charge in [-0.25, -0.2) is 0 Å². The predicted octanol–water partition coefficient (Wildman–Crippen LogP) is 6.19. The fourth-order valence-electron chi connectivity index (χ4n) is 3.40. The minimum Gasteiger partial charge on any atom is -0.370 e. The summed E-state index contributed by atoms with van der Waals surface area (Å²) in [5, 5.41) is 0. The fraction of sp³-hybridized carbons (Fsp3) is 0.500. The maximum Gasteiger partial charge on any atom is 0.416 e. The van der Waals surface area contributed by atoms with Crippen molar-refractivity contribution in [3.63, 3.8) is 0 Å². The summed E-state index contributed by atoms with van der Waals surface area (Å²) in [5.41, 5.74) is -3.97. The Labute approximate surface area is 223 Å². The average molecular weight is 607 g/mol. The molecule has 0 saturated heterocycles. The summed E-state index contributed by atoms with van der Waals surface area (Å²) in [6.45, 7) is 5.80. The summed E-state index contributed by atoms with van der Waals surface area (Å²) in [6, 6.07) is 5.70. The van der Waals surface area contributed by atoms with Crippen LogP contribution in [0.3, 0.4) is 0 Å². The summed E-state index contributed by atoms with van der Waals surface area (Å²) in [7, 11) is -8.66. The van der Waals surface area contributed by atoms with Crippen molar-refractivity contribution in [3.05, 3.63) is 59.7 Å². The van der Waals surface area contributed by atoms with Crippen LogP contribution in [0.4, 0.5) is 26.3 Å². The molecule has 2 aromatic carbocycles. The number of hydrogen-bond acceptors (Lipinski definition) is 7. The second-order valence-corrected chi connectivity index (χ2v) is 12.9. The minimum absolute atomic E-state index is 0.0427. The molecule has 2 rings (SSSR count). The lowest BCUT2D eigenvalue weighted by atomic mass is 10.0. The van der Waals surface area contributed by atoms with Crippen molar-refractivity contribution < 1.29 is 56.3 Å². The molecule has 0 bridgehead atoms. The lowest BCUT2D eigenvalue weighted by Gasteiger charge is -2.36. The quantitative estimate of drug-likeness (QED) is 0.210. The highest BCUT2D eigenvalue weighted by atomic mass is 32.2. The van der Waals surface area contributed by atoms with Gasteiger partial charge in [-0.1, -0.05) is 0 Å². The number of rotatable bonds is 12. The first-order valence-corrected chi connectivity index (χ1v) is 14.2. The molecule has 0 spiro atoms. The summed E-state index contributed by atoms with van der Waals surface area (Å²) in [6.07, 6.45) is -9.15. The van der Waals surface area contributed by atoms with E-state index in [1.54, 1.807) is 27.7 Å². The zero-order valence-electron chi connectivity index (χ0n) is 21.4. The van der Waals surface area contributed by atoms with Crippen molar-refractivity contribution in [1.29, 1.82) is 0 Å². The molecule has 15 heteroatoms. The van der Waals surface area contributed by atoms with Crippen molar-refractivity contribution in [1.82, 2.24) is 0 Å². The SMILES string of the molecule is CC(C)(CCOS(=O)(=O)c1ccc(C(F)(F)F)cc1)OC(C)(C)CCOS(=O)(=O)c1ccc(C(F)(F)F)cc1. The van der Waals surface area contributed by atoms with Crippen LogP contribution in [0.25, 0.3) is 0 Å². The third kappa shape index (κ3) is 10.0. The number of halogens is 6. The number of ether oxygens (including phenoxy) is 1. The topological polar surface area (TPSA) is 96.0 Å². The molecule has 0 aliphatic rings. The fourth-order valence-corrected chi connectivity index (χ4v) is 5.22. The molecular formula is C24H28F6O7S2. The van der Waals surface area contributed by atoms with E-state index in [4.69, 9.17) is 13.1 Å². The highest BCUT2D eigenvalue weighted by Crippen LogP contribution is 2.32. The molecular weight excluding hydrogens is 578 g/mol. The summed E-state index contributed by atoms with van der Waals surface area (Å²) < 4.78 is 141. The van der Waals surface area contributed by atoms with E-state index < -0.39 is 64.7 Å². The highest BCUT2D eigenvalue weighted by molar-refractivity contribution is 7.87. The van der Waals surface area contributed by atoms with Gasteiger partial charge in [-0.05, 0) is 76.2 Å². The van der Waals surface area contributed by atoms with Crippen molar-refractivity contribution >= 4 is 20.2 Å². The summed E-state index contributed by atoms with van der Waals surface area (Å²) >= 11 is 0. The Morgan fingerprint density at radius 1 is 0.564 bits per heavy atom. The van der Waals surface area contributed by atoms with Crippen molar-refractivity contribution in [2.24, 2.45) is 0 Å². The second kappa shape index (κ2) is 11.7. The third-order valence-corrected chi connectivity index (χ3v) is 8.03. The molecule has 0 aliphatic heterocycles. The van der Waals surface area contributed by atoms with E-state index in [9.17, 15) is 43.2 Å². The van der Waals surface area contributed by atoms with Gasteiger partial charge < -0.3 is 4.74 Å². The van der Waals surface area contributed by atoms with E-state index >= 15 is 0 Å². The maximum absolute atomic E-state index is 12.7. The van der Waals surface area contributed by atoms with Gasteiger partial charge in [-0.15, -0.1) is 0 Å². The zero-order chi connectivity index (χ0) is 29.9. The van der Waals surface area contributed by atoms with Crippen LogP contribution in [0, 0.1) is 0 Å². The minimum atomic E-state index is -4.62. The Bertz CT molecular complexity index is 1210. The molecule has 0 unspecified atom stereocenters. The molecule has 0 aromatic heterocycles. The largest absolute Gasteiger partial charge is 0.416 e. The molecule has 220 valence electrons. The molecule has 2 aromatic rings. The Balaban J connectivity index is 1.89. The van der Waals surface area contributed by atoms with Crippen LogP contribution < -0.4 is 0 Å². The summed E-state index contributed by atoms with van der Waals surface area (Å²) in [4.78, 5) is -0.887. The molecule has 0 fully saturated rings. The molecule has 0 N–H and O–H groups in total. The smallest absolute Gasteiger partial charge is 0.370 e. The van der Waals surface area contributed by atoms with Crippen LogP contribution in [0.2, 0.25) is 0 Å². The first-order valence-electron chi connectivity index (χ1n) is 11.4. The summed E-state index contributed by atoms with van der Waals surface area (Å²) in [5.74, 6) is 0. The first kappa shape index (κ1) is 33.0. The van der Waals surface area contributed by atoms with E-state index in [1.165, 1.54) is 0 Å². The Morgan fingerprint density at radius 2 is 0.846 bits per heavy atom. The molecule has 0 saturated carbocycles. The molecule has 0 heterocycles. The van der Waals surface area contributed by atoms with E-state index in [0.717, 1.165) is 24.3 Å². The number of alkyl halides is 6. The van der Waals surface area contributed by atoms with Gasteiger partial charge in [0, 0.05) is 12.8 Å². The normalized spacial score (nSPS) is 14.0.